The fourth-order valence-electron chi connectivity index (χ4n) is 1.57. The van der Waals surface area contributed by atoms with Crippen molar-refractivity contribution in [2.24, 2.45) is 0 Å². The molecule has 70 valence electrons. The van der Waals surface area contributed by atoms with E-state index in [9.17, 15) is 8.78 Å². The van der Waals surface area contributed by atoms with Gasteiger partial charge in [0.1, 0.15) is 0 Å². The van der Waals surface area contributed by atoms with Crippen LogP contribution in [0.1, 0.15) is 23.6 Å². The van der Waals surface area contributed by atoms with Crippen LogP contribution in [0, 0.1) is 0 Å². The van der Waals surface area contributed by atoms with Gasteiger partial charge in [0.25, 0.3) is 5.92 Å². The lowest BCUT2D eigenvalue weighted by Crippen LogP contribution is -2.07. The Hall–Kier alpha value is -0.960. The Labute approximate surface area is 75.8 Å². The largest absolute Gasteiger partial charge is 0.309 e. The second-order valence-corrected chi connectivity index (χ2v) is 3.48. The van der Waals surface area contributed by atoms with Crippen LogP contribution >= 0.6 is 0 Å². The van der Waals surface area contributed by atoms with Gasteiger partial charge in [-0.15, -0.1) is 0 Å². The highest BCUT2D eigenvalue weighted by molar-refractivity contribution is 5.36. The minimum Gasteiger partial charge on any atom is -0.309 e. The van der Waals surface area contributed by atoms with E-state index in [4.69, 9.17) is 0 Å². The van der Waals surface area contributed by atoms with Gasteiger partial charge in [0, 0.05) is 25.6 Å². The van der Waals surface area contributed by atoms with Crippen LogP contribution < -0.4 is 5.32 Å². The summed E-state index contributed by atoms with van der Waals surface area (Å²) in [6.45, 7) is 2.43. The molecule has 0 spiro atoms. The van der Waals surface area contributed by atoms with Crippen molar-refractivity contribution in [1.29, 1.82) is 0 Å². The van der Waals surface area contributed by atoms with E-state index in [-0.39, 0.29) is 5.56 Å². The van der Waals surface area contributed by atoms with E-state index in [2.05, 4.69) is 5.32 Å². The number of hydrogen-bond acceptors (Lipinski definition) is 1. The smallest absolute Gasteiger partial charge is 0.270 e. The van der Waals surface area contributed by atoms with Crippen molar-refractivity contribution in [2.45, 2.75) is 25.9 Å². The third-order valence-electron chi connectivity index (χ3n) is 2.34. The fourth-order valence-corrected chi connectivity index (χ4v) is 1.57. The van der Waals surface area contributed by atoms with Crippen molar-refractivity contribution in [3.63, 3.8) is 0 Å². The molecule has 1 aliphatic rings. The molecule has 0 saturated carbocycles. The fraction of sp³-hybridized carbons (Fsp3) is 0.400. The first-order chi connectivity index (χ1) is 6.07. The number of alkyl halides is 2. The lowest BCUT2D eigenvalue weighted by atomic mass is 10.0. The molecule has 0 unspecified atom stereocenters. The molecule has 13 heavy (non-hydrogen) atoms. The van der Waals surface area contributed by atoms with E-state index in [1.165, 1.54) is 6.07 Å². The maximum absolute atomic E-state index is 12.9. The van der Waals surface area contributed by atoms with Crippen molar-refractivity contribution in [1.82, 2.24) is 5.32 Å². The molecular weight excluding hydrogens is 172 g/mol. The van der Waals surface area contributed by atoms with Crippen LogP contribution in [0.15, 0.2) is 18.2 Å². The van der Waals surface area contributed by atoms with Gasteiger partial charge < -0.3 is 5.32 Å². The average molecular weight is 183 g/mol. The number of hydrogen-bond donors (Lipinski definition) is 1. The SMILES string of the molecule is CC(F)(F)c1ccc2c(c1)CNC2. The molecule has 1 aliphatic heterocycles. The van der Waals surface area contributed by atoms with Gasteiger partial charge in [0.2, 0.25) is 0 Å². The van der Waals surface area contributed by atoms with E-state index >= 15 is 0 Å². The van der Waals surface area contributed by atoms with Gasteiger partial charge in [-0.25, -0.2) is 8.78 Å². The summed E-state index contributed by atoms with van der Waals surface area (Å²) in [6.07, 6.45) is 0. The monoisotopic (exact) mass is 183 g/mol. The average Bonchev–Trinajstić information content (AvgIpc) is 2.47. The summed E-state index contributed by atoms with van der Waals surface area (Å²) >= 11 is 0. The standard InChI is InChI=1S/C10H11F2N/c1-10(11,12)9-3-2-7-5-13-6-8(7)4-9/h2-4,13H,5-6H2,1H3. The molecule has 1 N–H and O–H groups in total. The summed E-state index contributed by atoms with van der Waals surface area (Å²) in [7, 11) is 0. The number of halogens is 2. The quantitative estimate of drug-likeness (QED) is 0.705. The van der Waals surface area contributed by atoms with Crippen LogP contribution in [0.25, 0.3) is 0 Å². The molecule has 0 atom stereocenters. The van der Waals surface area contributed by atoms with Crippen molar-refractivity contribution in [3.8, 4) is 0 Å². The Morgan fingerprint density at radius 2 is 1.92 bits per heavy atom. The minimum absolute atomic E-state index is 0.106. The predicted molar refractivity (Wildman–Crippen MR) is 46.6 cm³/mol. The van der Waals surface area contributed by atoms with Crippen LogP contribution in [-0.4, -0.2) is 0 Å². The highest BCUT2D eigenvalue weighted by Gasteiger charge is 2.25. The highest BCUT2D eigenvalue weighted by atomic mass is 19.3. The number of nitrogens with one attached hydrogen (secondary N) is 1. The lowest BCUT2D eigenvalue weighted by molar-refractivity contribution is 0.0174. The van der Waals surface area contributed by atoms with Gasteiger partial charge >= 0.3 is 0 Å². The summed E-state index contributed by atoms with van der Waals surface area (Å²) in [4.78, 5) is 0. The second kappa shape index (κ2) is 2.77. The molecule has 0 radical (unpaired) electrons. The molecule has 0 aromatic heterocycles. The number of rotatable bonds is 1. The molecule has 2 rings (SSSR count). The molecule has 0 fully saturated rings. The van der Waals surface area contributed by atoms with Crippen molar-refractivity contribution < 1.29 is 8.78 Å². The molecule has 1 aromatic carbocycles. The van der Waals surface area contributed by atoms with Gasteiger partial charge in [-0.05, 0) is 17.2 Å². The minimum atomic E-state index is -2.72. The van der Waals surface area contributed by atoms with Gasteiger partial charge in [0.15, 0.2) is 0 Å². The molecule has 0 saturated heterocycles. The second-order valence-electron chi connectivity index (χ2n) is 3.48. The van der Waals surface area contributed by atoms with E-state index in [0.29, 0.717) is 6.54 Å². The maximum atomic E-state index is 12.9. The summed E-state index contributed by atoms with van der Waals surface area (Å²) in [5, 5.41) is 3.12. The Balaban J connectivity index is 2.42. The molecule has 0 aliphatic carbocycles. The molecule has 0 amide bonds. The molecule has 1 aromatic rings. The van der Waals surface area contributed by atoms with Crippen LogP contribution in [0.3, 0.4) is 0 Å². The third-order valence-corrected chi connectivity index (χ3v) is 2.34. The Kier molecular flexibility index (Phi) is 1.84. The number of fused-ring (bicyclic) bond motifs is 1. The maximum Gasteiger partial charge on any atom is 0.270 e. The zero-order valence-corrected chi connectivity index (χ0v) is 7.40. The van der Waals surface area contributed by atoms with Gasteiger partial charge in [-0.2, -0.15) is 0 Å². The molecule has 1 nitrogen and oxygen atoms in total. The molecule has 1 heterocycles. The van der Waals surface area contributed by atoms with Crippen LogP contribution in [0.5, 0.6) is 0 Å². The number of benzene rings is 1. The van der Waals surface area contributed by atoms with Crippen molar-refractivity contribution in [2.75, 3.05) is 0 Å². The Morgan fingerprint density at radius 3 is 2.62 bits per heavy atom. The summed E-state index contributed by atoms with van der Waals surface area (Å²) in [5.41, 5.74) is 2.24. The van der Waals surface area contributed by atoms with E-state index in [0.717, 1.165) is 24.6 Å². The van der Waals surface area contributed by atoms with Crippen LogP contribution in [0.4, 0.5) is 8.78 Å². The lowest BCUT2D eigenvalue weighted by Gasteiger charge is -2.11. The van der Waals surface area contributed by atoms with Gasteiger partial charge in [0.05, 0.1) is 0 Å². The van der Waals surface area contributed by atoms with Crippen molar-refractivity contribution >= 4 is 0 Å². The summed E-state index contributed by atoms with van der Waals surface area (Å²) in [6, 6.07) is 4.88. The van der Waals surface area contributed by atoms with E-state index < -0.39 is 5.92 Å². The third kappa shape index (κ3) is 1.56. The highest BCUT2D eigenvalue weighted by Crippen LogP contribution is 2.29. The Morgan fingerprint density at radius 1 is 1.23 bits per heavy atom. The predicted octanol–water partition coefficient (Wildman–Crippen LogP) is 2.40. The van der Waals surface area contributed by atoms with Crippen molar-refractivity contribution in [3.05, 3.63) is 34.9 Å². The van der Waals surface area contributed by atoms with Gasteiger partial charge in [-0.3, -0.25) is 0 Å². The first-order valence-corrected chi connectivity index (χ1v) is 4.28. The summed E-state index contributed by atoms with van der Waals surface area (Å²) < 4.78 is 25.8. The zero-order valence-electron chi connectivity index (χ0n) is 7.40. The summed E-state index contributed by atoms with van der Waals surface area (Å²) in [5.74, 6) is -2.72. The zero-order chi connectivity index (χ0) is 9.47. The first-order valence-electron chi connectivity index (χ1n) is 4.28. The van der Waals surface area contributed by atoms with E-state index in [1.54, 1.807) is 12.1 Å². The topological polar surface area (TPSA) is 12.0 Å². The molecular formula is C10H11F2N. The normalized spacial score (nSPS) is 15.9. The Bertz CT molecular complexity index is 328. The van der Waals surface area contributed by atoms with Crippen LogP contribution in [0.2, 0.25) is 0 Å². The first kappa shape index (κ1) is 8.63. The van der Waals surface area contributed by atoms with E-state index in [1.807, 2.05) is 0 Å². The molecule has 0 bridgehead atoms. The van der Waals surface area contributed by atoms with Gasteiger partial charge in [-0.1, -0.05) is 12.1 Å². The molecule has 3 heteroatoms. The van der Waals surface area contributed by atoms with Crippen LogP contribution in [-0.2, 0) is 19.0 Å².